The SMILES string of the molecule is C[C@@H]1CCN(C(=O)CCN2C(=O)NC3(CCCC3)C2=O)c2ccccc2S1. The fourth-order valence-corrected chi connectivity index (χ4v) is 5.40. The van der Waals surface area contributed by atoms with Crippen molar-refractivity contribution >= 4 is 35.3 Å². The maximum absolute atomic E-state index is 13.0. The smallest absolute Gasteiger partial charge is 0.323 e. The standard InChI is InChI=1S/C20H25N3O3S/c1-14-8-12-22(15-6-2-3-7-16(15)27-14)17(24)9-13-23-18(25)20(21-19(23)26)10-4-5-11-20/h2-3,6-7,14H,4-5,8-13H2,1H3,(H,21,26)/t14-/m1/s1. The Morgan fingerprint density at radius 3 is 2.78 bits per heavy atom. The molecule has 1 aliphatic carbocycles. The molecular formula is C20H25N3O3S. The Hall–Kier alpha value is -2.02. The molecule has 0 radical (unpaired) electrons. The highest BCUT2D eigenvalue weighted by Gasteiger charge is 2.52. The number of imide groups is 1. The van der Waals surface area contributed by atoms with Crippen molar-refractivity contribution in [1.29, 1.82) is 0 Å². The lowest BCUT2D eigenvalue weighted by Crippen LogP contribution is -2.44. The van der Waals surface area contributed by atoms with Gasteiger partial charge in [0.2, 0.25) is 5.91 Å². The molecule has 6 nitrogen and oxygen atoms in total. The summed E-state index contributed by atoms with van der Waals surface area (Å²) in [6.45, 7) is 2.98. The molecule has 1 atom stereocenters. The topological polar surface area (TPSA) is 69.7 Å². The van der Waals surface area contributed by atoms with E-state index in [1.165, 1.54) is 4.90 Å². The van der Waals surface area contributed by atoms with Crippen LogP contribution in [0.4, 0.5) is 10.5 Å². The van der Waals surface area contributed by atoms with Crippen molar-refractivity contribution in [1.82, 2.24) is 10.2 Å². The summed E-state index contributed by atoms with van der Waals surface area (Å²) in [4.78, 5) is 42.1. The zero-order chi connectivity index (χ0) is 19.0. The average Bonchev–Trinajstić information content (AvgIpc) is 3.15. The summed E-state index contributed by atoms with van der Waals surface area (Å²) in [5.41, 5.74) is 0.225. The monoisotopic (exact) mass is 387 g/mol. The minimum absolute atomic E-state index is 0.0369. The van der Waals surface area contributed by atoms with Crippen molar-refractivity contribution in [3.05, 3.63) is 24.3 Å². The highest BCUT2D eigenvalue weighted by molar-refractivity contribution is 8.00. The zero-order valence-corrected chi connectivity index (χ0v) is 16.4. The summed E-state index contributed by atoms with van der Waals surface area (Å²) >= 11 is 1.79. The van der Waals surface area contributed by atoms with Gasteiger partial charge >= 0.3 is 6.03 Å². The van der Waals surface area contributed by atoms with Crippen molar-refractivity contribution < 1.29 is 14.4 Å². The number of hydrogen-bond donors (Lipinski definition) is 1. The van der Waals surface area contributed by atoms with Crippen molar-refractivity contribution in [3.63, 3.8) is 0 Å². The van der Waals surface area contributed by atoms with Gasteiger partial charge in [0.15, 0.2) is 0 Å². The maximum Gasteiger partial charge on any atom is 0.325 e. The van der Waals surface area contributed by atoms with Gasteiger partial charge in [-0.1, -0.05) is 31.9 Å². The normalized spacial score (nSPS) is 24.1. The van der Waals surface area contributed by atoms with Crippen molar-refractivity contribution in [3.8, 4) is 0 Å². The number of benzene rings is 1. The Kier molecular flexibility index (Phi) is 4.88. The largest absolute Gasteiger partial charge is 0.325 e. The van der Waals surface area contributed by atoms with Crippen LogP contribution in [0.1, 0.15) is 45.4 Å². The third-order valence-electron chi connectivity index (χ3n) is 5.80. The van der Waals surface area contributed by atoms with Crippen LogP contribution in [0.2, 0.25) is 0 Å². The number of nitrogens with one attached hydrogen (secondary N) is 1. The number of thioether (sulfide) groups is 1. The van der Waals surface area contributed by atoms with E-state index < -0.39 is 5.54 Å². The Balaban J connectivity index is 1.45. The van der Waals surface area contributed by atoms with Crippen molar-refractivity contribution in [2.45, 2.75) is 61.1 Å². The van der Waals surface area contributed by atoms with Gasteiger partial charge in [0.25, 0.3) is 5.91 Å². The second-order valence-corrected chi connectivity index (χ2v) is 9.14. The lowest BCUT2D eigenvalue weighted by Gasteiger charge is -2.24. The molecule has 27 heavy (non-hydrogen) atoms. The molecule has 2 heterocycles. The minimum atomic E-state index is -0.707. The molecule has 1 spiro atoms. The second kappa shape index (κ2) is 7.19. The molecule has 4 rings (SSSR count). The Morgan fingerprint density at radius 2 is 2.00 bits per heavy atom. The van der Waals surface area contributed by atoms with Crippen LogP contribution in [0.25, 0.3) is 0 Å². The summed E-state index contributed by atoms with van der Waals surface area (Å²) in [7, 11) is 0. The Morgan fingerprint density at radius 1 is 1.26 bits per heavy atom. The van der Waals surface area contributed by atoms with Gasteiger partial charge in [-0.15, -0.1) is 11.8 Å². The molecule has 1 aromatic rings. The van der Waals surface area contributed by atoms with Crippen LogP contribution in [-0.4, -0.2) is 46.6 Å². The molecule has 144 valence electrons. The van der Waals surface area contributed by atoms with E-state index in [4.69, 9.17) is 0 Å². The number of carbonyl (C=O) groups is 3. The maximum atomic E-state index is 13.0. The minimum Gasteiger partial charge on any atom is -0.323 e. The van der Waals surface area contributed by atoms with Gasteiger partial charge in [-0.3, -0.25) is 14.5 Å². The van der Waals surface area contributed by atoms with Gasteiger partial charge in [0.1, 0.15) is 5.54 Å². The van der Waals surface area contributed by atoms with E-state index in [0.717, 1.165) is 29.8 Å². The number of anilines is 1. The van der Waals surface area contributed by atoms with E-state index in [1.54, 1.807) is 11.8 Å². The third kappa shape index (κ3) is 3.33. The Labute approximate surface area is 163 Å². The highest BCUT2D eigenvalue weighted by Crippen LogP contribution is 2.38. The fourth-order valence-electron chi connectivity index (χ4n) is 4.29. The summed E-state index contributed by atoms with van der Waals surface area (Å²) in [6.07, 6.45) is 4.39. The molecule has 2 aliphatic heterocycles. The fraction of sp³-hybridized carbons (Fsp3) is 0.550. The van der Waals surface area contributed by atoms with E-state index in [2.05, 4.69) is 12.2 Å². The van der Waals surface area contributed by atoms with Gasteiger partial charge in [-0.05, 0) is 31.4 Å². The quantitative estimate of drug-likeness (QED) is 0.809. The molecule has 0 unspecified atom stereocenters. The van der Waals surface area contributed by atoms with Crippen molar-refractivity contribution in [2.24, 2.45) is 0 Å². The van der Waals surface area contributed by atoms with E-state index >= 15 is 0 Å². The van der Waals surface area contributed by atoms with Crippen LogP contribution >= 0.6 is 11.8 Å². The van der Waals surface area contributed by atoms with Crippen LogP contribution < -0.4 is 10.2 Å². The highest BCUT2D eigenvalue weighted by atomic mass is 32.2. The van der Waals surface area contributed by atoms with Gasteiger partial charge in [-0.2, -0.15) is 0 Å². The lowest BCUT2D eigenvalue weighted by atomic mass is 9.98. The van der Waals surface area contributed by atoms with Crippen LogP contribution in [0.5, 0.6) is 0 Å². The first-order valence-corrected chi connectivity index (χ1v) is 10.6. The number of para-hydroxylation sites is 1. The van der Waals surface area contributed by atoms with Crippen LogP contribution in [0.3, 0.4) is 0 Å². The molecule has 1 saturated carbocycles. The summed E-state index contributed by atoms with van der Waals surface area (Å²) < 4.78 is 0. The number of carbonyl (C=O) groups excluding carboxylic acids is 3. The Bertz CT molecular complexity index is 775. The molecule has 1 N–H and O–H groups in total. The molecular weight excluding hydrogens is 362 g/mol. The molecule has 1 aromatic carbocycles. The predicted molar refractivity (Wildman–Crippen MR) is 105 cm³/mol. The van der Waals surface area contributed by atoms with Gasteiger partial charge in [-0.25, -0.2) is 4.79 Å². The lowest BCUT2D eigenvalue weighted by molar-refractivity contribution is -0.131. The van der Waals surface area contributed by atoms with E-state index in [-0.39, 0.29) is 30.8 Å². The van der Waals surface area contributed by atoms with Crippen LogP contribution in [0, 0.1) is 0 Å². The van der Waals surface area contributed by atoms with Gasteiger partial charge in [0, 0.05) is 29.7 Å². The van der Waals surface area contributed by atoms with Gasteiger partial charge in [0.05, 0.1) is 5.69 Å². The summed E-state index contributed by atoms with van der Waals surface area (Å²) in [5, 5.41) is 3.31. The number of nitrogens with zero attached hydrogens (tertiary/aromatic N) is 2. The first-order chi connectivity index (χ1) is 13.0. The van der Waals surface area contributed by atoms with Crippen LogP contribution in [0.15, 0.2) is 29.2 Å². The number of urea groups is 1. The summed E-state index contributed by atoms with van der Waals surface area (Å²) in [6, 6.07) is 7.59. The molecule has 3 aliphatic rings. The molecule has 7 heteroatoms. The average molecular weight is 388 g/mol. The molecule has 4 amide bonds. The van der Waals surface area contributed by atoms with E-state index in [9.17, 15) is 14.4 Å². The number of hydrogen-bond acceptors (Lipinski definition) is 4. The molecule has 1 saturated heterocycles. The first kappa shape index (κ1) is 18.3. The number of amides is 4. The first-order valence-electron chi connectivity index (χ1n) is 9.70. The second-order valence-electron chi connectivity index (χ2n) is 7.66. The molecule has 2 fully saturated rings. The number of fused-ring (bicyclic) bond motifs is 1. The molecule has 0 bridgehead atoms. The van der Waals surface area contributed by atoms with Crippen molar-refractivity contribution in [2.75, 3.05) is 18.0 Å². The molecule has 0 aromatic heterocycles. The van der Waals surface area contributed by atoms with E-state index in [1.807, 2.05) is 29.2 Å². The van der Waals surface area contributed by atoms with Crippen LogP contribution in [-0.2, 0) is 9.59 Å². The zero-order valence-electron chi connectivity index (χ0n) is 15.6. The summed E-state index contributed by atoms with van der Waals surface area (Å²) in [5.74, 6) is -0.191. The number of rotatable bonds is 3. The predicted octanol–water partition coefficient (Wildman–Crippen LogP) is 3.16. The third-order valence-corrected chi connectivity index (χ3v) is 7.03. The van der Waals surface area contributed by atoms with E-state index in [0.29, 0.717) is 24.6 Å². The van der Waals surface area contributed by atoms with Gasteiger partial charge < -0.3 is 10.2 Å².